The van der Waals surface area contributed by atoms with Crippen molar-refractivity contribution < 1.29 is 19.9 Å². The van der Waals surface area contributed by atoms with Gasteiger partial charge in [0.2, 0.25) is 5.91 Å². The van der Waals surface area contributed by atoms with Gasteiger partial charge < -0.3 is 20.9 Å². The number of rotatable bonds is 6. The Morgan fingerprint density at radius 3 is 2.37 bits per heavy atom. The molecule has 3 N–H and O–H groups in total. The summed E-state index contributed by atoms with van der Waals surface area (Å²) in [7, 11) is 0. The van der Waals surface area contributed by atoms with Crippen LogP contribution < -0.4 is 10.5 Å². The van der Waals surface area contributed by atoms with Gasteiger partial charge >= 0.3 is 5.97 Å². The summed E-state index contributed by atoms with van der Waals surface area (Å²) in [6.07, 6.45) is 0.677. The van der Waals surface area contributed by atoms with Crippen LogP contribution in [0.4, 0.5) is 5.69 Å². The van der Waals surface area contributed by atoms with Crippen molar-refractivity contribution in [2.75, 3.05) is 5.23 Å². The van der Waals surface area contributed by atoms with Crippen LogP contribution in [0.25, 0.3) is 0 Å². The van der Waals surface area contributed by atoms with Crippen LogP contribution >= 0.6 is 0 Å². The molecule has 1 rings (SSSR count). The predicted octanol–water partition coefficient (Wildman–Crippen LogP) is 0.902. The molecule has 1 aromatic rings. The molecule has 0 aliphatic heterocycles. The van der Waals surface area contributed by atoms with Gasteiger partial charge in [0.15, 0.2) is 0 Å². The van der Waals surface area contributed by atoms with E-state index in [2.05, 4.69) is 5.32 Å². The third kappa shape index (κ3) is 4.94. The van der Waals surface area contributed by atoms with Crippen LogP contribution in [0, 0.1) is 5.21 Å². The number of nitrogens with zero attached hydrogens (tertiary/aromatic N) is 1. The average molecular weight is 267 g/mol. The van der Waals surface area contributed by atoms with Gasteiger partial charge in [-0.05, 0) is 30.5 Å². The number of anilines is 1. The predicted molar refractivity (Wildman–Crippen MR) is 67.6 cm³/mol. The lowest BCUT2D eigenvalue weighted by Gasteiger charge is -2.21. The molecular weight excluding hydrogens is 252 g/mol. The third-order valence-corrected chi connectivity index (χ3v) is 2.55. The Bertz CT molecular complexity index is 444. The average Bonchev–Trinajstić information content (AvgIpc) is 2.34. The second kappa shape index (κ2) is 6.72. The summed E-state index contributed by atoms with van der Waals surface area (Å²) in [5.41, 5.74) is 0.905. The minimum Gasteiger partial charge on any atom is -0.733 e. The van der Waals surface area contributed by atoms with Crippen molar-refractivity contribution in [3.05, 3.63) is 35.0 Å². The Balaban J connectivity index is 2.59. The first-order valence-electron chi connectivity index (χ1n) is 5.65. The molecule has 0 spiro atoms. The number of benzene rings is 1. The Morgan fingerprint density at radius 2 is 1.95 bits per heavy atom. The molecule has 1 unspecified atom stereocenters. The van der Waals surface area contributed by atoms with Crippen LogP contribution in [-0.2, 0) is 16.0 Å². The van der Waals surface area contributed by atoms with Gasteiger partial charge in [-0.25, -0.2) is 4.79 Å². The van der Waals surface area contributed by atoms with E-state index < -0.39 is 17.9 Å². The van der Waals surface area contributed by atoms with Crippen molar-refractivity contribution in [3.8, 4) is 0 Å². The van der Waals surface area contributed by atoms with Gasteiger partial charge in [0.25, 0.3) is 0 Å². The lowest BCUT2D eigenvalue weighted by atomic mass is 10.0. The smallest absolute Gasteiger partial charge is 0.326 e. The quantitative estimate of drug-likeness (QED) is 0.660. The molecule has 1 aromatic carbocycles. The minimum atomic E-state index is -1.09. The summed E-state index contributed by atoms with van der Waals surface area (Å²) in [5.74, 6) is -1.49. The van der Waals surface area contributed by atoms with Gasteiger partial charge in [-0.2, -0.15) is 0 Å². The molecule has 1 atom stereocenters. The molecule has 0 aliphatic rings. The highest BCUT2D eigenvalue weighted by atomic mass is 16.8. The molecule has 0 saturated heterocycles. The first-order chi connectivity index (χ1) is 8.90. The SMILES string of the molecule is CC(=O)NC(CCc1ccc(N([O-])O)cc1)C(=O)O. The molecule has 104 valence electrons. The highest BCUT2D eigenvalue weighted by Crippen LogP contribution is 2.14. The van der Waals surface area contributed by atoms with Crippen molar-refractivity contribution in [1.82, 2.24) is 5.32 Å². The summed E-state index contributed by atoms with van der Waals surface area (Å²) in [6, 6.07) is 5.14. The lowest BCUT2D eigenvalue weighted by Crippen LogP contribution is -2.39. The number of carbonyl (C=O) groups is 2. The summed E-state index contributed by atoms with van der Waals surface area (Å²) >= 11 is 0. The topological polar surface area (TPSA) is 113 Å². The van der Waals surface area contributed by atoms with E-state index in [9.17, 15) is 14.8 Å². The molecule has 0 aromatic heterocycles. The first kappa shape index (κ1) is 14.9. The summed E-state index contributed by atoms with van der Waals surface area (Å²) in [5, 5.41) is 30.3. The van der Waals surface area contributed by atoms with Gasteiger partial charge in [0.05, 0.1) is 5.69 Å². The van der Waals surface area contributed by atoms with Gasteiger partial charge in [0, 0.05) is 6.92 Å². The van der Waals surface area contributed by atoms with Crippen LogP contribution in [0.1, 0.15) is 18.9 Å². The third-order valence-electron chi connectivity index (χ3n) is 2.55. The van der Waals surface area contributed by atoms with Crippen LogP contribution in [-0.4, -0.2) is 28.2 Å². The molecular formula is C12H15N2O5-. The van der Waals surface area contributed by atoms with Gasteiger partial charge in [-0.3, -0.25) is 10.0 Å². The normalized spacial score (nSPS) is 11.7. The second-order valence-electron chi connectivity index (χ2n) is 4.07. The molecule has 0 aliphatic carbocycles. The summed E-state index contributed by atoms with van der Waals surface area (Å²) < 4.78 is 0. The number of nitrogens with one attached hydrogen (secondary N) is 1. The van der Waals surface area contributed by atoms with Gasteiger partial charge in [0.1, 0.15) is 6.04 Å². The Hall–Kier alpha value is -2.12. The molecule has 0 bridgehead atoms. The molecule has 0 fully saturated rings. The van der Waals surface area contributed by atoms with E-state index in [-0.39, 0.29) is 17.3 Å². The number of amides is 1. The van der Waals surface area contributed by atoms with E-state index in [1.165, 1.54) is 19.1 Å². The zero-order valence-electron chi connectivity index (χ0n) is 10.4. The van der Waals surface area contributed by atoms with Crippen molar-refractivity contribution in [1.29, 1.82) is 0 Å². The van der Waals surface area contributed by atoms with Gasteiger partial charge in [-0.1, -0.05) is 12.1 Å². The highest BCUT2D eigenvalue weighted by Gasteiger charge is 2.17. The molecule has 7 nitrogen and oxygen atoms in total. The largest absolute Gasteiger partial charge is 0.733 e. The summed E-state index contributed by atoms with van der Waals surface area (Å²) in [6.45, 7) is 1.26. The van der Waals surface area contributed by atoms with E-state index in [4.69, 9.17) is 10.3 Å². The fourth-order valence-electron chi connectivity index (χ4n) is 1.60. The maximum Gasteiger partial charge on any atom is 0.326 e. The number of carboxylic acids is 1. The van der Waals surface area contributed by atoms with E-state index in [0.29, 0.717) is 6.42 Å². The van der Waals surface area contributed by atoms with E-state index in [1.54, 1.807) is 12.1 Å². The van der Waals surface area contributed by atoms with Crippen LogP contribution in [0.5, 0.6) is 0 Å². The van der Waals surface area contributed by atoms with Crippen molar-refractivity contribution in [2.45, 2.75) is 25.8 Å². The van der Waals surface area contributed by atoms with E-state index >= 15 is 0 Å². The van der Waals surface area contributed by atoms with Crippen molar-refractivity contribution in [3.63, 3.8) is 0 Å². The standard InChI is InChI=1S/C12H15N2O5/c1-8(15)13-11(12(16)17)7-4-9-2-5-10(6-3-9)14(18)19/h2-3,5-6,11,18H,4,7H2,1H3,(H,13,15)(H,16,17)/q-1. The zero-order valence-corrected chi connectivity index (χ0v) is 10.4. The number of aliphatic carboxylic acids is 1. The Labute approximate surface area is 110 Å². The number of hydrogen-bond donors (Lipinski definition) is 3. The minimum absolute atomic E-state index is 0.0976. The number of carbonyl (C=O) groups excluding carboxylic acids is 1. The number of carboxylic acid groups (broad SMARTS) is 1. The maximum atomic E-state index is 10.9. The number of hydrogen-bond acceptors (Lipinski definition) is 5. The maximum absolute atomic E-state index is 10.9. The van der Waals surface area contributed by atoms with Crippen molar-refractivity contribution in [2.24, 2.45) is 0 Å². The molecule has 0 heterocycles. The Morgan fingerprint density at radius 1 is 1.37 bits per heavy atom. The highest BCUT2D eigenvalue weighted by molar-refractivity contribution is 5.82. The van der Waals surface area contributed by atoms with E-state index in [1.807, 2.05) is 0 Å². The zero-order chi connectivity index (χ0) is 14.4. The Kier molecular flexibility index (Phi) is 5.28. The molecule has 0 radical (unpaired) electrons. The van der Waals surface area contributed by atoms with Crippen molar-refractivity contribution >= 4 is 17.6 Å². The van der Waals surface area contributed by atoms with Gasteiger partial charge in [-0.15, -0.1) is 0 Å². The first-order valence-corrected chi connectivity index (χ1v) is 5.65. The fraction of sp³-hybridized carbons (Fsp3) is 0.333. The molecule has 1 amide bonds. The van der Waals surface area contributed by atoms with Crippen LogP contribution in [0.3, 0.4) is 0 Å². The van der Waals surface area contributed by atoms with Crippen LogP contribution in [0.2, 0.25) is 0 Å². The lowest BCUT2D eigenvalue weighted by molar-refractivity contribution is -0.141. The number of aryl methyl sites for hydroxylation is 1. The second-order valence-corrected chi connectivity index (χ2v) is 4.07. The fourth-order valence-corrected chi connectivity index (χ4v) is 1.60. The molecule has 0 saturated carbocycles. The van der Waals surface area contributed by atoms with Crippen LogP contribution in [0.15, 0.2) is 24.3 Å². The van der Waals surface area contributed by atoms with E-state index in [0.717, 1.165) is 5.56 Å². The summed E-state index contributed by atoms with van der Waals surface area (Å²) in [4.78, 5) is 21.8. The monoisotopic (exact) mass is 267 g/mol. The molecule has 19 heavy (non-hydrogen) atoms. The molecule has 7 heteroatoms.